The van der Waals surface area contributed by atoms with Gasteiger partial charge in [-0.25, -0.2) is 14.9 Å². The molecule has 2 heterocycles. The molecule has 6 nitrogen and oxygen atoms in total. The zero-order chi connectivity index (χ0) is 22.4. The summed E-state index contributed by atoms with van der Waals surface area (Å²) in [6, 6.07) is 3.28. The highest BCUT2D eigenvalue weighted by Crippen LogP contribution is 2.46. The molecule has 2 aliphatic rings. The number of hydrogen-bond acceptors (Lipinski definition) is 5. The van der Waals surface area contributed by atoms with E-state index in [4.69, 9.17) is 15.3 Å². The summed E-state index contributed by atoms with van der Waals surface area (Å²) in [5.74, 6) is 0.710. The van der Waals surface area contributed by atoms with Crippen molar-refractivity contribution in [3.05, 3.63) is 61.4 Å². The van der Waals surface area contributed by atoms with Crippen molar-refractivity contribution >= 4 is 11.7 Å². The Kier molecular flexibility index (Phi) is 7.68. The van der Waals surface area contributed by atoms with Crippen LogP contribution in [-0.2, 0) is 9.57 Å². The van der Waals surface area contributed by atoms with Crippen LogP contribution in [0, 0.1) is 17.3 Å². The van der Waals surface area contributed by atoms with Crippen LogP contribution >= 0.6 is 0 Å². The van der Waals surface area contributed by atoms with Crippen molar-refractivity contribution in [3.8, 4) is 0 Å². The third-order valence-corrected chi connectivity index (χ3v) is 6.73. The van der Waals surface area contributed by atoms with Crippen LogP contribution in [0.15, 0.2) is 55.8 Å². The van der Waals surface area contributed by atoms with E-state index in [9.17, 15) is 4.79 Å². The molecule has 3 rings (SSSR count). The minimum Gasteiger partial charge on any atom is -0.384 e. The van der Waals surface area contributed by atoms with Gasteiger partial charge in [0.1, 0.15) is 5.82 Å². The molecule has 1 unspecified atom stereocenters. The summed E-state index contributed by atoms with van der Waals surface area (Å²) in [5, 5.41) is 1.38. The molecule has 1 amide bonds. The van der Waals surface area contributed by atoms with Crippen LogP contribution in [-0.4, -0.2) is 35.4 Å². The van der Waals surface area contributed by atoms with Crippen molar-refractivity contribution in [2.45, 2.75) is 51.7 Å². The Bertz CT molecular complexity index is 801. The number of nitrogens with two attached hydrogens (primary N) is 1. The molecule has 168 valence electrons. The number of allylic oxidation sites excluding steroid dienone is 2. The van der Waals surface area contributed by atoms with Crippen molar-refractivity contribution < 1.29 is 14.4 Å². The van der Waals surface area contributed by atoms with Gasteiger partial charge in [0.15, 0.2) is 6.29 Å². The Morgan fingerprint density at radius 2 is 2.19 bits per heavy atom. The van der Waals surface area contributed by atoms with E-state index < -0.39 is 6.29 Å². The van der Waals surface area contributed by atoms with Gasteiger partial charge in [-0.2, -0.15) is 0 Å². The zero-order valence-corrected chi connectivity index (χ0v) is 18.6. The van der Waals surface area contributed by atoms with Crippen LogP contribution in [0.3, 0.4) is 0 Å². The maximum Gasteiger partial charge on any atom is 0.279 e. The van der Waals surface area contributed by atoms with Gasteiger partial charge in [-0.3, -0.25) is 4.79 Å². The number of nitrogens with zero attached hydrogens (tertiary/aromatic N) is 2. The lowest BCUT2D eigenvalue weighted by Gasteiger charge is -2.42. The molecule has 1 aliphatic heterocycles. The quantitative estimate of drug-likeness (QED) is 0.473. The van der Waals surface area contributed by atoms with E-state index in [1.807, 2.05) is 12.2 Å². The van der Waals surface area contributed by atoms with E-state index in [0.717, 1.165) is 44.1 Å². The number of hydrogen-bond donors (Lipinski definition) is 1. The van der Waals surface area contributed by atoms with Gasteiger partial charge in [0.05, 0.1) is 12.1 Å². The average molecular weight is 426 g/mol. The molecule has 31 heavy (non-hydrogen) atoms. The zero-order valence-electron chi connectivity index (χ0n) is 18.6. The molecule has 1 aromatic heterocycles. The summed E-state index contributed by atoms with van der Waals surface area (Å²) < 4.78 is 5.71. The molecule has 6 heteroatoms. The maximum atomic E-state index is 13.2. The van der Waals surface area contributed by atoms with E-state index in [0.29, 0.717) is 30.5 Å². The lowest BCUT2D eigenvalue weighted by molar-refractivity contribution is -0.264. The molecule has 2 N–H and O–H groups in total. The van der Waals surface area contributed by atoms with Crippen LogP contribution in [0.5, 0.6) is 0 Å². The van der Waals surface area contributed by atoms with Gasteiger partial charge in [-0.05, 0) is 61.5 Å². The SMILES string of the molecule is C=C[C@@H]1C[C@H](C(=C)CN(OC2CCCCO2)C(=O)c2ccc(N)nc2)CC[C@@]1(C)C=C. The number of anilines is 1. The first kappa shape index (κ1) is 23.2. The van der Waals surface area contributed by atoms with Gasteiger partial charge in [0.25, 0.3) is 5.91 Å². The summed E-state index contributed by atoms with van der Waals surface area (Å²) in [7, 11) is 0. The maximum absolute atomic E-state index is 13.2. The number of pyridine rings is 1. The van der Waals surface area contributed by atoms with Crippen LogP contribution < -0.4 is 5.73 Å². The highest BCUT2D eigenvalue weighted by atomic mass is 16.8. The molecular formula is C25H35N3O3. The molecule has 1 saturated heterocycles. The lowest BCUT2D eigenvalue weighted by Crippen LogP contribution is -2.40. The summed E-state index contributed by atoms with van der Waals surface area (Å²) in [4.78, 5) is 23.3. The fourth-order valence-corrected chi connectivity index (χ4v) is 4.44. The van der Waals surface area contributed by atoms with E-state index in [1.54, 1.807) is 12.1 Å². The fourth-order valence-electron chi connectivity index (χ4n) is 4.44. The first-order valence-corrected chi connectivity index (χ1v) is 11.1. The minimum absolute atomic E-state index is 0.0517. The van der Waals surface area contributed by atoms with Crippen LogP contribution in [0.1, 0.15) is 55.8 Å². The van der Waals surface area contributed by atoms with Crippen LogP contribution in [0.25, 0.3) is 0 Å². The molecule has 1 aromatic rings. The van der Waals surface area contributed by atoms with Crippen molar-refractivity contribution in [1.82, 2.24) is 10.0 Å². The monoisotopic (exact) mass is 425 g/mol. The van der Waals surface area contributed by atoms with Crippen LogP contribution in [0.2, 0.25) is 0 Å². The predicted molar refractivity (Wildman–Crippen MR) is 123 cm³/mol. The summed E-state index contributed by atoms with van der Waals surface area (Å²) >= 11 is 0. The number of carbonyl (C=O) groups is 1. The van der Waals surface area contributed by atoms with Gasteiger partial charge < -0.3 is 10.5 Å². The largest absolute Gasteiger partial charge is 0.384 e. The molecular weight excluding hydrogens is 390 g/mol. The van der Waals surface area contributed by atoms with Crippen LogP contribution in [0.4, 0.5) is 5.82 Å². The van der Waals surface area contributed by atoms with Crippen molar-refractivity contribution in [3.63, 3.8) is 0 Å². The topological polar surface area (TPSA) is 77.7 Å². The molecule has 1 saturated carbocycles. The molecule has 0 bridgehead atoms. The van der Waals surface area contributed by atoms with Gasteiger partial charge >= 0.3 is 0 Å². The Hall–Kier alpha value is -2.44. The number of rotatable bonds is 8. The molecule has 0 radical (unpaired) electrons. The second kappa shape index (κ2) is 10.2. The highest BCUT2D eigenvalue weighted by Gasteiger charge is 2.37. The van der Waals surface area contributed by atoms with Crippen molar-refractivity contribution in [2.24, 2.45) is 17.3 Å². The number of nitrogen functional groups attached to an aromatic ring is 1. The molecule has 4 atom stereocenters. The molecule has 0 aromatic carbocycles. The van der Waals surface area contributed by atoms with E-state index >= 15 is 0 Å². The third kappa shape index (κ3) is 5.63. The summed E-state index contributed by atoms with van der Waals surface area (Å²) in [6.07, 6.45) is 10.9. The van der Waals surface area contributed by atoms with E-state index in [-0.39, 0.29) is 17.2 Å². The second-order valence-electron chi connectivity index (χ2n) is 8.90. The van der Waals surface area contributed by atoms with Gasteiger partial charge in [-0.1, -0.05) is 31.2 Å². The van der Waals surface area contributed by atoms with Gasteiger partial charge in [0.2, 0.25) is 0 Å². The number of hydroxylamine groups is 2. The Morgan fingerprint density at radius 3 is 2.81 bits per heavy atom. The van der Waals surface area contributed by atoms with Gasteiger partial charge in [0, 0.05) is 19.2 Å². The Balaban J connectivity index is 1.73. The first-order chi connectivity index (χ1) is 14.9. The molecule has 2 fully saturated rings. The third-order valence-electron chi connectivity index (χ3n) is 6.73. The van der Waals surface area contributed by atoms with E-state index in [1.165, 1.54) is 11.3 Å². The first-order valence-electron chi connectivity index (χ1n) is 11.1. The van der Waals surface area contributed by atoms with Crippen molar-refractivity contribution in [1.29, 1.82) is 0 Å². The Labute approximate surface area is 185 Å². The smallest absolute Gasteiger partial charge is 0.279 e. The lowest BCUT2D eigenvalue weighted by atomic mass is 9.63. The van der Waals surface area contributed by atoms with E-state index in [2.05, 4.69) is 31.6 Å². The van der Waals surface area contributed by atoms with Crippen molar-refractivity contribution in [2.75, 3.05) is 18.9 Å². The van der Waals surface area contributed by atoms with Gasteiger partial charge in [-0.15, -0.1) is 13.2 Å². The molecule has 0 spiro atoms. The summed E-state index contributed by atoms with van der Waals surface area (Å²) in [5.41, 5.74) is 7.12. The second-order valence-corrected chi connectivity index (χ2v) is 8.90. The Morgan fingerprint density at radius 1 is 1.39 bits per heavy atom. The highest BCUT2D eigenvalue weighted by molar-refractivity contribution is 5.93. The number of amides is 1. The number of ether oxygens (including phenoxy) is 1. The normalized spacial score (nSPS) is 28.5. The average Bonchev–Trinajstić information content (AvgIpc) is 2.79. The number of carbonyl (C=O) groups excluding carboxylic acids is 1. The molecule has 1 aliphatic carbocycles. The summed E-state index contributed by atoms with van der Waals surface area (Å²) in [6.45, 7) is 15.6. The number of aromatic nitrogens is 1. The standard InChI is InChI=1S/C25H35N3O3/c1-5-21-15-19(12-13-25(21,4)6-2)18(3)17-28(31-23-9-7-8-14-30-23)24(29)20-10-11-22(26)27-16-20/h5-6,10-11,16,19,21,23H,1-3,7-9,12-15,17H2,4H3,(H2,26,27)/t19-,21-,23?,25-/m1/s1. The predicted octanol–water partition coefficient (Wildman–Crippen LogP) is 4.92. The minimum atomic E-state index is -0.427. The fraction of sp³-hybridized carbons (Fsp3) is 0.520.